The van der Waals surface area contributed by atoms with Gasteiger partial charge in [-0.05, 0) is 43.2 Å². The number of nitrogens with zero attached hydrogens (tertiary/aromatic N) is 3. The largest absolute Gasteiger partial charge is 0.408 e. The van der Waals surface area contributed by atoms with E-state index in [1.54, 1.807) is 0 Å². The Hall–Kier alpha value is -1.31. The van der Waals surface area contributed by atoms with Crippen molar-refractivity contribution in [2.75, 3.05) is 10.6 Å². The highest BCUT2D eigenvalue weighted by molar-refractivity contribution is 6.28. The summed E-state index contributed by atoms with van der Waals surface area (Å²) in [5.74, 6) is 0.0403. The molecule has 0 radical (unpaired) electrons. The molecule has 20 heavy (non-hydrogen) atoms. The Morgan fingerprint density at radius 1 is 1.25 bits per heavy atom. The van der Waals surface area contributed by atoms with E-state index in [9.17, 15) is 13.2 Å². The lowest BCUT2D eigenvalue weighted by Gasteiger charge is -2.17. The van der Waals surface area contributed by atoms with Crippen molar-refractivity contribution < 1.29 is 13.2 Å². The van der Waals surface area contributed by atoms with Crippen molar-refractivity contribution in [3.8, 4) is 0 Å². The van der Waals surface area contributed by atoms with Crippen LogP contribution in [0.25, 0.3) is 0 Å². The molecule has 1 heterocycles. The minimum absolute atomic E-state index is 0.134. The number of nitrogens with one attached hydrogen (secondary N) is 2. The van der Waals surface area contributed by atoms with Gasteiger partial charge in [0.1, 0.15) is 6.04 Å². The maximum atomic E-state index is 12.5. The molecule has 1 aromatic heterocycles. The van der Waals surface area contributed by atoms with Crippen molar-refractivity contribution >= 4 is 23.5 Å². The second kappa shape index (κ2) is 4.34. The Kier molecular flexibility index (Phi) is 2.97. The predicted molar refractivity (Wildman–Crippen MR) is 67.7 cm³/mol. The molecule has 0 aromatic carbocycles. The molecule has 9 heteroatoms. The van der Waals surface area contributed by atoms with Crippen molar-refractivity contribution in [2.45, 2.75) is 44.4 Å². The zero-order valence-electron chi connectivity index (χ0n) is 10.6. The molecule has 110 valence electrons. The summed E-state index contributed by atoms with van der Waals surface area (Å²) in [4.78, 5) is 11.5. The first-order valence-electron chi connectivity index (χ1n) is 6.30. The van der Waals surface area contributed by atoms with E-state index >= 15 is 0 Å². The van der Waals surface area contributed by atoms with Crippen LogP contribution in [0.3, 0.4) is 0 Å². The number of hydrogen-bond acceptors (Lipinski definition) is 5. The van der Waals surface area contributed by atoms with Gasteiger partial charge >= 0.3 is 6.18 Å². The lowest BCUT2D eigenvalue weighted by Crippen LogP contribution is -2.34. The Bertz CT molecular complexity index is 531. The molecule has 1 spiro atoms. The van der Waals surface area contributed by atoms with E-state index in [0.717, 1.165) is 13.3 Å². The first-order chi connectivity index (χ1) is 9.28. The fraction of sp³-hybridized carbons (Fsp3) is 0.727. The second-order valence-electron chi connectivity index (χ2n) is 5.42. The lowest BCUT2D eigenvalue weighted by molar-refractivity contribution is -0.138. The number of alkyl halides is 3. The van der Waals surface area contributed by atoms with Gasteiger partial charge in [0.2, 0.25) is 17.2 Å². The van der Waals surface area contributed by atoms with Crippen LogP contribution in [-0.4, -0.2) is 33.2 Å². The van der Waals surface area contributed by atoms with Crippen molar-refractivity contribution in [2.24, 2.45) is 5.41 Å². The van der Waals surface area contributed by atoms with Crippen LogP contribution in [0.2, 0.25) is 5.28 Å². The zero-order valence-corrected chi connectivity index (χ0v) is 11.4. The standard InChI is InChI=1S/C11H13ClF3N5/c1-5(11(13,14)15)16-8-18-7(12)19-9(20-8)17-6-4-10(6)2-3-10/h5-6H,2-4H2,1H3,(H2,16,17,18,19,20)/t5-,6?/m1/s1. The molecule has 2 atom stereocenters. The minimum atomic E-state index is -4.37. The van der Waals surface area contributed by atoms with Gasteiger partial charge < -0.3 is 10.6 Å². The lowest BCUT2D eigenvalue weighted by atomic mass is 10.3. The maximum Gasteiger partial charge on any atom is 0.408 e. The van der Waals surface area contributed by atoms with E-state index < -0.39 is 12.2 Å². The summed E-state index contributed by atoms with van der Waals surface area (Å²) >= 11 is 5.71. The van der Waals surface area contributed by atoms with Gasteiger partial charge in [-0.2, -0.15) is 28.1 Å². The van der Waals surface area contributed by atoms with Gasteiger partial charge in [0.25, 0.3) is 0 Å². The Morgan fingerprint density at radius 2 is 1.90 bits per heavy atom. The molecule has 0 saturated heterocycles. The van der Waals surface area contributed by atoms with Crippen LogP contribution in [-0.2, 0) is 0 Å². The number of anilines is 2. The zero-order chi connectivity index (χ0) is 14.5. The van der Waals surface area contributed by atoms with Crippen LogP contribution in [0.5, 0.6) is 0 Å². The molecule has 0 bridgehead atoms. The van der Waals surface area contributed by atoms with E-state index in [2.05, 4.69) is 25.6 Å². The molecule has 3 rings (SSSR count). The number of halogens is 4. The summed E-state index contributed by atoms with van der Waals surface area (Å²) in [6.45, 7) is 0.991. The quantitative estimate of drug-likeness (QED) is 0.895. The van der Waals surface area contributed by atoms with E-state index in [4.69, 9.17) is 11.6 Å². The molecule has 1 aromatic rings. The van der Waals surface area contributed by atoms with Gasteiger partial charge in [-0.25, -0.2) is 0 Å². The first kappa shape index (κ1) is 13.7. The highest BCUT2D eigenvalue weighted by atomic mass is 35.5. The Morgan fingerprint density at radius 3 is 2.45 bits per heavy atom. The average Bonchev–Trinajstić information content (AvgIpc) is 3.19. The fourth-order valence-electron chi connectivity index (χ4n) is 2.18. The highest BCUT2D eigenvalue weighted by Gasteiger charge is 2.63. The summed E-state index contributed by atoms with van der Waals surface area (Å²) in [6, 6.07) is -1.46. The predicted octanol–water partition coefficient (Wildman–Crippen LogP) is 2.85. The van der Waals surface area contributed by atoms with Crippen molar-refractivity contribution in [1.82, 2.24) is 15.0 Å². The maximum absolute atomic E-state index is 12.5. The van der Waals surface area contributed by atoms with Gasteiger partial charge in [0.15, 0.2) is 0 Å². The summed E-state index contributed by atoms with van der Waals surface area (Å²) in [5.41, 5.74) is 0.381. The van der Waals surface area contributed by atoms with E-state index in [1.807, 2.05) is 0 Å². The van der Waals surface area contributed by atoms with Gasteiger partial charge in [0, 0.05) is 6.04 Å². The summed E-state index contributed by atoms with van der Waals surface area (Å²) in [7, 11) is 0. The molecule has 2 aliphatic carbocycles. The SMILES string of the molecule is C[C@@H](Nc1nc(Cl)nc(NC2CC23CC3)n1)C(F)(F)F. The van der Waals surface area contributed by atoms with Crippen molar-refractivity contribution in [3.05, 3.63) is 5.28 Å². The molecular formula is C11H13ClF3N5. The summed E-state index contributed by atoms with van der Waals surface area (Å²) in [6.07, 6.45) is -0.960. The average molecular weight is 308 g/mol. The van der Waals surface area contributed by atoms with Gasteiger partial charge in [-0.3, -0.25) is 0 Å². The fourth-order valence-corrected chi connectivity index (χ4v) is 2.34. The van der Waals surface area contributed by atoms with Crippen LogP contribution in [0, 0.1) is 5.41 Å². The molecule has 2 N–H and O–H groups in total. The first-order valence-corrected chi connectivity index (χ1v) is 6.68. The molecular weight excluding hydrogens is 295 g/mol. The molecule has 2 saturated carbocycles. The van der Waals surface area contributed by atoms with Crippen LogP contribution in [0.1, 0.15) is 26.2 Å². The van der Waals surface area contributed by atoms with Crippen LogP contribution in [0.15, 0.2) is 0 Å². The van der Waals surface area contributed by atoms with E-state index in [-0.39, 0.29) is 17.2 Å². The molecule has 0 amide bonds. The third kappa shape index (κ3) is 2.74. The number of aromatic nitrogens is 3. The topological polar surface area (TPSA) is 62.7 Å². The van der Waals surface area contributed by atoms with E-state index in [0.29, 0.717) is 11.5 Å². The van der Waals surface area contributed by atoms with Crippen LogP contribution < -0.4 is 10.6 Å². The Labute approximate surface area is 118 Å². The molecule has 2 fully saturated rings. The van der Waals surface area contributed by atoms with Gasteiger partial charge in [-0.1, -0.05) is 0 Å². The number of hydrogen-bond donors (Lipinski definition) is 2. The molecule has 0 aliphatic heterocycles. The number of rotatable bonds is 4. The monoisotopic (exact) mass is 307 g/mol. The smallest absolute Gasteiger partial charge is 0.351 e. The van der Waals surface area contributed by atoms with Gasteiger partial charge in [0.05, 0.1) is 0 Å². The van der Waals surface area contributed by atoms with Crippen LogP contribution >= 0.6 is 11.6 Å². The second-order valence-corrected chi connectivity index (χ2v) is 5.76. The minimum Gasteiger partial charge on any atom is -0.351 e. The van der Waals surface area contributed by atoms with Crippen molar-refractivity contribution in [3.63, 3.8) is 0 Å². The van der Waals surface area contributed by atoms with Crippen LogP contribution in [0.4, 0.5) is 25.1 Å². The normalized spacial score (nSPS) is 24.4. The third-order valence-electron chi connectivity index (χ3n) is 3.83. The summed E-state index contributed by atoms with van der Waals surface area (Å²) in [5, 5.41) is 5.14. The third-order valence-corrected chi connectivity index (χ3v) is 4.00. The summed E-state index contributed by atoms with van der Waals surface area (Å²) < 4.78 is 37.5. The van der Waals surface area contributed by atoms with Crippen molar-refractivity contribution in [1.29, 1.82) is 0 Å². The molecule has 1 unspecified atom stereocenters. The molecule has 2 aliphatic rings. The Balaban J connectivity index is 1.69. The van der Waals surface area contributed by atoms with E-state index in [1.165, 1.54) is 12.8 Å². The van der Waals surface area contributed by atoms with Gasteiger partial charge in [-0.15, -0.1) is 0 Å². The highest BCUT2D eigenvalue weighted by Crippen LogP contribution is 2.66. The molecule has 5 nitrogen and oxygen atoms in total.